The van der Waals surface area contributed by atoms with Crippen molar-refractivity contribution in [1.82, 2.24) is 0 Å². The summed E-state index contributed by atoms with van der Waals surface area (Å²) in [6.45, 7) is 4.00. The van der Waals surface area contributed by atoms with Crippen LogP contribution in [-0.4, -0.2) is 6.11 Å². The highest BCUT2D eigenvalue weighted by molar-refractivity contribution is 5.28. The Labute approximate surface area is 247 Å². The van der Waals surface area contributed by atoms with Crippen LogP contribution in [0.4, 0.5) is 13.2 Å². The SMILES string of the molecule is C/C=C/C1CCC(c2ccc(COC(F)(F)C(F)c3ccc(C4CCC(CCCCCCC)CC4)cc3)cc2)CC1. The molecule has 4 rings (SSSR count). The second-order valence-electron chi connectivity index (χ2n) is 12.7. The van der Waals surface area contributed by atoms with Crippen LogP contribution in [-0.2, 0) is 11.3 Å². The molecule has 0 radical (unpaired) electrons. The first kappa shape index (κ1) is 31.9. The first-order valence-corrected chi connectivity index (χ1v) is 16.4. The smallest absolute Gasteiger partial charge is 0.313 e. The molecule has 226 valence electrons. The van der Waals surface area contributed by atoms with Crippen molar-refractivity contribution in [2.45, 2.75) is 134 Å². The molecule has 2 aliphatic carbocycles. The third-order valence-corrected chi connectivity index (χ3v) is 9.68. The molecule has 0 aromatic heterocycles. The zero-order valence-corrected chi connectivity index (χ0v) is 25.3. The Morgan fingerprint density at radius 2 is 1.34 bits per heavy atom. The van der Waals surface area contributed by atoms with Gasteiger partial charge in [0.05, 0.1) is 6.61 Å². The Bertz CT molecular complexity index is 1030. The maximum Gasteiger partial charge on any atom is 0.391 e. The van der Waals surface area contributed by atoms with Gasteiger partial charge in [0.15, 0.2) is 0 Å². The van der Waals surface area contributed by atoms with E-state index < -0.39 is 12.3 Å². The third kappa shape index (κ3) is 9.46. The molecule has 2 saturated carbocycles. The molecular weight excluding hydrogens is 517 g/mol. The van der Waals surface area contributed by atoms with Crippen molar-refractivity contribution >= 4 is 0 Å². The Morgan fingerprint density at radius 1 is 0.780 bits per heavy atom. The molecule has 2 aromatic carbocycles. The predicted molar refractivity (Wildman–Crippen MR) is 164 cm³/mol. The number of allylic oxidation sites excluding steroid dienone is 2. The van der Waals surface area contributed by atoms with Crippen molar-refractivity contribution in [1.29, 1.82) is 0 Å². The van der Waals surface area contributed by atoms with E-state index in [1.807, 2.05) is 36.4 Å². The molecule has 2 aromatic rings. The molecule has 0 N–H and O–H groups in total. The van der Waals surface area contributed by atoms with E-state index in [0.29, 0.717) is 23.3 Å². The molecule has 4 heteroatoms. The first-order valence-electron chi connectivity index (χ1n) is 16.4. The van der Waals surface area contributed by atoms with E-state index in [9.17, 15) is 13.2 Å². The summed E-state index contributed by atoms with van der Waals surface area (Å²) >= 11 is 0. The number of unbranched alkanes of at least 4 members (excludes halogenated alkanes) is 4. The van der Waals surface area contributed by atoms with Gasteiger partial charge in [0.1, 0.15) is 0 Å². The summed E-state index contributed by atoms with van der Waals surface area (Å²) in [7, 11) is 0. The molecule has 2 aliphatic rings. The molecule has 41 heavy (non-hydrogen) atoms. The number of hydrogen-bond donors (Lipinski definition) is 0. The normalized spacial score (nSPS) is 24.5. The van der Waals surface area contributed by atoms with Gasteiger partial charge in [0.2, 0.25) is 6.17 Å². The minimum Gasteiger partial charge on any atom is -0.313 e. The Balaban J connectivity index is 1.21. The van der Waals surface area contributed by atoms with Gasteiger partial charge in [-0.2, -0.15) is 8.78 Å². The summed E-state index contributed by atoms with van der Waals surface area (Å²) in [6.07, 6.45) is 15.4. The van der Waals surface area contributed by atoms with Gasteiger partial charge in [-0.15, -0.1) is 0 Å². The Kier molecular flexibility index (Phi) is 12.4. The van der Waals surface area contributed by atoms with Crippen molar-refractivity contribution in [2.75, 3.05) is 0 Å². The molecule has 0 amide bonds. The average Bonchev–Trinajstić information content (AvgIpc) is 3.01. The molecule has 1 nitrogen and oxygen atoms in total. The van der Waals surface area contributed by atoms with E-state index in [-0.39, 0.29) is 12.2 Å². The van der Waals surface area contributed by atoms with Gasteiger partial charge in [-0.3, -0.25) is 0 Å². The van der Waals surface area contributed by atoms with Gasteiger partial charge >= 0.3 is 6.11 Å². The van der Waals surface area contributed by atoms with E-state index in [2.05, 4.69) is 26.0 Å². The van der Waals surface area contributed by atoms with Crippen LogP contribution in [0.5, 0.6) is 0 Å². The topological polar surface area (TPSA) is 9.23 Å². The van der Waals surface area contributed by atoms with Crippen molar-refractivity contribution in [3.05, 3.63) is 82.9 Å². The van der Waals surface area contributed by atoms with Crippen LogP contribution in [0, 0.1) is 11.8 Å². The molecule has 1 unspecified atom stereocenters. The van der Waals surface area contributed by atoms with Crippen LogP contribution in [0.15, 0.2) is 60.7 Å². The van der Waals surface area contributed by atoms with Gasteiger partial charge in [-0.25, -0.2) is 4.39 Å². The van der Waals surface area contributed by atoms with E-state index in [1.165, 1.54) is 81.9 Å². The minimum atomic E-state index is -3.89. The lowest BCUT2D eigenvalue weighted by Gasteiger charge is -2.29. The summed E-state index contributed by atoms with van der Waals surface area (Å²) in [6, 6.07) is 14.5. The van der Waals surface area contributed by atoms with E-state index >= 15 is 0 Å². The number of alkyl halides is 3. The lowest BCUT2D eigenvalue weighted by Crippen LogP contribution is -2.27. The summed E-state index contributed by atoms with van der Waals surface area (Å²) < 4.78 is 49.3. The third-order valence-electron chi connectivity index (χ3n) is 9.68. The highest BCUT2D eigenvalue weighted by Gasteiger charge is 2.43. The molecule has 0 bridgehead atoms. The Morgan fingerprint density at radius 3 is 1.93 bits per heavy atom. The van der Waals surface area contributed by atoms with Crippen LogP contribution in [0.25, 0.3) is 0 Å². The van der Waals surface area contributed by atoms with Crippen molar-refractivity contribution in [2.24, 2.45) is 11.8 Å². The molecule has 0 aliphatic heterocycles. The van der Waals surface area contributed by atoms with E-state index in [0.717, 1.165) is 37.2 Å². The van der Waals surface area contributed by atoms with Gasteiger partial charge in [0.25, 0.3) is 0 Å². The summed E-state index contributed by atoms with van der Waals surface area (Å²) in [5.74, 6) is 2.45. The minimum absolute atomic E-state index is 0.0246. The zero-order valence-electron chi connectivity index (χ0n) is 25.3. The zero-order chi connectivity index (χ0) is 29.1. The number of rotatable bonds is 14. The number of hydrogen-bond acceptors (Lipinski definition) is 1. The maximum absolute atomic E-state index is 15.0. The van der Waals surface area contributed by atoms with Crippen LogP contribution < -0.4 is 0 Å². The number of halogens is 3. The lowest BCUT2D eigenvalue weighted by atomic mass is 9.77. The summed E-state index contributed by atoms with van der Waals surface area (Å²) in [5.41, 5.74) is 3.00. The van der Waals surface area contributed by atoms with Crippen LogP contribution in [0.2, 0.25) is 0 Å². The molecule has 1 atom stereocenters. The highest BCUT2D eigenvalue weighted by Crippen LogP contribution is 2.41. The van der Waals surface area contributed by atoms with E-state index in [1.54, 1.807) is 0 Å². The van der Waals surface area contributed by atoms with Crippen molar-refractivity contribution in [3.8, 4) is 0 Å². The fraction of sp³-hybridized carbons (Fsp3) is 0.622. The predicted octanol–water partition coefficient (Wildman–Crippen LogP) is 12.0. The number of benzene rings is 2. The quantitative estimate of drug-likeness (QED) is 0.163. The van der Waals surface area contributed by atoms with Crippen LogP contribution in [0.1, 0.15) is 144 Å². The van der Waals surface area contributed by atoms with Crippen LogP contribution in [0.3, 0.4) is 0 Å². The molecule has 0 spiro atoms. The maximum atomic E-state index is 15.0. The fourth-order valence-electron chi connectivity index (χ4n) is 7.01. The summed E-state index contributed by atoms with van der Waals surface area (Å²) in [4.78, 5) is 0. The summed E-state index contributed by atoms with van der Waals surface area (Å²) in [5, 5.41) is 0. The van der Waals surface area contributed by atoms with Gasteiger partial charge < -0.3 is 4.74 Å². The largest absolute Gasteiger partial charge is 0.391 e. The number of ether oxygens (including phenoxy) is 1. The fourth-order valence-corrected chi connectivity index (χ4v) is 7.01. The monoisotopic (exact) mass is 568 g/mol. The van der Waals surface area contributed by atoms with Crippen molar-refractivity contribution < 1.29 is 17.9 Å². The van der Waals surface area contributed by atoms with E-state index in [4.69, 9.17) is 4.74 Å². The second-order valence-corrected chi connectivity index (χ2v) is 12.7. The Hall–Kier alpha value is -2.07. The van der Waals surface area contributed by atoms with Crippen LogP contribution >= 0.6 is 0 Å². The van der Waals surface area contributed by atoms with Gasteiger partial charge in [-0.1, -0.05) is 106 Å². The van der Waals surface area contributed by atoms with Gasteiger partial charge in [0, 0.05) is 0 Å². The molecular formula is C37H51F3O. The average molecular weight is 569 g/mol. The molecule has 0 heterocycles. The highest BCUT2D eigenvalue weighted by atomic mass is 19.3. The van der Waals surface area contributed by atoms with Gasteiger partial charge in [-0.05, 0) is 104 Å². The molecule has 2 fully saturated rings. The second kappa shape index (κ2) is 16.0. The van der Waals surface area contributed by atoms with Crippen molar-refractivity contribution in [3.63, 3.8) is 0 Å². The first-order chi connectivity index (χ1) is 19.9. The lowest BCUT2D eigenvalue weighted by molar-refractivity contribution is -0.282. The molecule has 0 saturated heterocycles. The standard InChI is InChI=1S/C37H51F3O/c1-3-5-6-7-8-10-29-13-19-32(20-14-29)34-23-25-35(26-24-34)36(38)37(39,40)41-27-30-15-21-33(22-16-30)31-17-11-28(9-4-2)12-18-31/h4,9,15-16,21-26,28-29,31-32,36H,3,5-8,10-14,17-20,27H2,1-2H3/b9-4+.